The van der Waals surface area contributed by atoms with Crippen LogP contribution < -0.4 is 4.72 Å². The summed E-state index contributed by atoms with van der Waals surface area (Å²) in [7, 11) is -3.25. The molecule has 1 aliphatic heterocycles. The summed E-state index contributed by atoms with van der Waals surface area (Å²) in [4.78, 5) is 14.3. The summed E-state index contributed by atoms with van der Waals surface area (Å²) in [6.07, 6.45) is 2.69. The van der Waals surface area contributed by atoms with E-state index < -0.39 is 10.0 Å². The van der Waals surface area contributed by atoms with E-state index in [-0.39, 0.29) is 11.9 Å². The van der Waals surface area contributed by atoms with Crippen LogP contribution in [0.1, 0.15) is 23.2 Å². The summed E-state index contributed by atoms with van der Waals surface area (Å²) in [6.45, 7) is 1.06. The monoisotopic (exact) mass is 486 g/mol. The SMILES string of the molecule is CS(=O)(=O)NC1CCCN(C(=O)c2cc(I)ccc2Br)C1. The summed E-state index contributed by atoms with van der Waals surface area (Å²) in [6, 6.07) is 5.40. The van der Waals surface area contributed by atoms with Crippen molar-refractivity contribution in [2.75, 3.05) is 19.3 Å². The fraction of sp³-hybridized carbons (Fsp3) is 0.462. The molecule has 116 valence electrons. The van der Waals surface area contributed by atoms with E-state index in [9.17, 15) is 13.2 Å². The maximum absolute atomic E-state index is 12.6. The molecule has 2 rings (SSSR count). The number of piperidine rings is 1. The van der Waals surface area contributed by atoms with E-state index in [0.717, 1.165) is 27.1 Å². The van der Waals surface area contributed by atoms with Gasteiger partial charge in [0.05, 0.1) is 11.8 Å². The van der Waals surface area contributed by atoms with Gasteiger partial charge in [0.2, 0.25) is 10.0 Å². The third-order valence-corrected chi connectivity index (χ3v) is 5.37. The second-order valence-corrected chi connectivity index (χ2v) is 8.98. The minimum Gasteiger partial charge on any atom is -0.337 e. The van der Waals surface area contributed by atoms with Gasteiger partial charge < -0.3 is 4.90 Å². The maximum Gasteiger partial charge on any atom is 0.255 e. The summed E-state index contributed by atoms with van der Waals surface area (Å²) in [5.74, 6) is -0.0691. The molecule has 1 N–H and O–H groups in total. The minimum absolute atomic E-state index is 0.0691. The Labute approximate surface area is 146 Å². The molecular weight excluding hydrogens is 471 g/mol. The molecule has 1 fully saturated rings. The Morgan fingerprint density at radius 1 is 1.48 bits per heavy atom. The summed E-state index contributed by atoms with van der Waals surface area (Å²) in [5.41, 5.74) is 0.613. The van der Waals surface area contributed by atoms with Crippen molar-refractivity contribution in [3.63, 3.8) is 0 Å². The number of sulfonamides is 1. The van der Waals surface area contributed by atoms with Gasteiger partial charge in [0.25, 0.3) is 5.91 Å². The number of nitrogens with zero attached hydrogens (tertiary/aromatic N) is 1. The van der Waals surface area contributed by atoms with Crippen LogP contribution in [0.25, 0.3) is 0 Å². The van der Waals surface area contributed by atoms with E-state index in [0.29, 0.717) is 18.7 Å². The van der Waals surface area contributed by atoms with Crippen LogP contribution in [0.3, 0.4) is 0 Å². The van der Waals surface area contributed by atoms with Crippen molar-refractivity contribution in [2.45, 2.75) is 18.9 Å². The van der Waals surface area contributed by atoms with Gasteiger partial charge in [-0.05, 0) is 69.6 Å². The number of amides is 1. The van der Waals surface area contributed by atoms with Crippen LogP contribution in [0, 0.1) is 3.57 Å². The van der Waals surface area contributed by atoms with Crippen molar-refractivity contribution in [3.8, 4) is 0 Å². The van der Waals surface area contributed by atoms with Gasteiger partial charge in [0, 0.05) is 27.2 Å². The number of hydrogen-bond acceptors (Lipinski definition) is 3. The number of carbonyl (C=O) groups is 1. The smallest absolute Gasteiger partial charge is 0.255 e. The van der Waals surface area contributed by atoms with E-state index in [4.69, 9.17) is 0 Å². The predicted molar refractivity (Wildman–Crippen MR) is 93.8 cm³/mol. The molecule has 21 heavy (non-hydrogen) atoms. The third kappa shape index (κ3) is 4.90. The molecule has 5 nitrogen and oxygen atoms in total. The van der Waals surface area contributed by atoms with Gasteiger partial charge >= 0.3 is 0 Å². The average Bonchev–Trinajstić information content (AvgIpc) is 2.39. The summed E-state index contributed by atoms with van der Waals surface area (Å²) in [5, 5.41) is 0. The standard InChI is InChI=1S/C13H16BrIN2O3S/c1-21(19,20)16-10-3-2-6-17(8-10)13(18)11-7-9(15)4-5-12(11)14/h4-5,7,10,16H,2-3,6,8H2,1H3. The highest BCUT2D eigenvalue weighted by Crippen LogP contribution is 2.23. The van der Waals surface area contributed by atoms with Gasteiger partial charge in [-0.2, -0.15) is 0 Å². The van der Waals surface area contributed by atoms with E-state index in [1.807, 2.05) is 18.2 Å². The van der Waals surface area contributed by atoms with Crippen molar-refractivity contribution in [3.05, 3.63) is 31.8 Å². The fourth-order valence-electron chi connectivity index (χ4n) is 2.39. The average molecular weight is 487 g/mol. The van der Waals surface area contributed by atoms with Crippen LogP contribution in [0.15, 0.2) is 22.7 Å². The number of halogens is 2. The fourth-order valence-corrected chi connectivity index (χ4v) is 4.10. The van der Waals surface area contributed by atoms with E-state index in [1.165, 1.54) is 0 Å². The van der Waals surface area contributed by atoms with Crippen LogP contribution in [0.4, 0.5) is 0 Å². The molecule has 0 saturated carbocycles. The molecule has 1 aromatic rings. The lowest BCUT2D eigenvalue weighted by molar-refractivity contribution is 0.0702. The van der Waals surface area contributed by atoms with E-state index >= 15 is 0 Å². The van der Waals surface area contributed by atoms with Crippen LogP contribution in [-0.4, -0.2) is 44.6 Å². The molecule has 1 saturated heterocycles. The second-order valence-electron chi connectivity index (χ2n) is 5.10. The summed E-state index contributed by atoms with van der Waals surface area (Å²) < 4.78 is 27.0. The first-order valence-electron chi connectivity index (χ1n) is 6.48. The molecule has 1 unspecified atom stereocenters. The van der Waals surface area contributed by atoms with Crippen LogP contribution in [-0.2, 0) is 10.0 Å². The lowest BCUT2D eigenvalue weighted by Crippen LogP contribution is -2.49. The highest BCUT2D eigenvalue weighted by atomic mass is 127. The molecule has 1 aromatic carbocycles. The van der Waals surface area contributed by atoms with Gasteiger partial charge in [0.1, 0.15) is 0 Å². The topological polar surface area (TPSA) is 66.5 Å². The Morgan fingerprint density at radius 3 is 2.86 bits per heavy atom. The Hall–Kier alpha value is -0.190. The van der Waals surface area contributed by atoms with Gasteiger partial charge in [-0.1, -0.05) is 0 Å². The molecule has 1 atom stereocenters. The zero-order chi connectivity index (χ0) is 15.6. The van der Waals surface area contributed by atoms with Crippen molar-refractivity contribution in [1.82, 2.24) is 9.62 Å². The Kier molecular flexibility index (Phi) is 5.66. The summed E-state index contributed by atoms with van der Waals surface area (Å²) >= 11 is 5.56. The molecule has 0 bridgehead atoms. The number of hydrogen-bond donors (Lipinski definition) is 1. The quantitative estimate of drug-likeness (QED) is 0.666. The first-order valence-corrected chi connectivity index (χ1v) is 10.2. The van der Waals surface area contributed by atoms with Crippen molar-refractivity contribution in [2.24, 2.45) is 0 Å². The highest BCUT2D eigenvalue weighted by molar-refractivity contribution is 14.1. The molecule has 0 aromatic heterocycles. The van der Waals surface area contributed by atoms with Crippen LogP contribution in [0.2, 0.25) is 0 Å². The van der Waals surface area contributed by atoms with E-state index in [1.54, 1.807) is 4.90 Å². The van der Waals surface area contributed by atoms with Crippen LogP contribution >= 0.6 is 38.5 Å². The van der Waals surface area contributed by atoms with Crippen LogP contribution in [0.5, 0.6) is 0 Å². The molecule has 1 heterocycles. The number of nitrogens with one attached hydrogen (secondary N) is 1. The number of likely N-dealkylation sites (tertiary alicyclic amines) is 1. The zero-order valence-corrected chi connectivity index (χ0v) is 16.0. The molecule has 0 aliphatic carbocycles. The van der Waals surface area contributed by atoms with Gasteiger partial charge in [-0.3, -0.25) is 4.79 Å². The molecular formula is C13H16BrIN2O3S. The highest BCUT2D eigenvalue weighted by Gasteiger charge is 2.27. The van der Waals surface area contributed by atoms with Crippen molar-refractivity contribution in [1.29, 1.82) is 0 Å². The Bertz CT molecular complexity index is 651. The lowest BCUT2D eigenvalue weighted by atomic mass is 10.1. The molecule has 8 heteroatoms. The lowest BCUT2D eigenvalue weighted by Gasteiger charge is -2.33. The minimum atomic E-state index is -3.25. The molecule has 0 spiro atoms. The Morgan fingerprint density at radius 2 is 2.19 bits per heavy atom. The predicted octanol–water partition coefficient (Wildman–Crippen LogP) is 2.21. The third-order valence-electron chi connectivity index (χ3n) is 3.25. The normalized spacial score (nSPS) is 19.6. The van der Waals surface area contributed by atoms with Crippen molar-refractivity contribution < 1.29 is 13.2 Å². The van der Waals surface area contributed by atoms with Gasteiger partial charge in [-0.15, -0.1) is 0 Å². The number of rotatable bonds is 3. The Balaban J connectivity index is 2.14. The van der Waals surface area contributed by atoms with E-state index in [2.05, 4.69) is 43.2 Å². The number of benzene rings is 1. The first-order chi connectivity index (χ1) is 9.76. The number of carbonyl (C=O) groups excluding carboxylic acids is 1. The molecule has 1 aliphatic rings. The molecule has 1 amide bonds. The van der Waals surface area contributed by atoms with Crippen molar-refractivity contribution >= 4 is 54.5 Å². The largest absolute Gasteiger partial charge is 0.337 e. The zero-order valence-electron chi connectivity index (χ0n) is 11.5. The van der Waals surface area contributed by atoms with Gasteiger partial charge in [-0.25, -0.2) is 13.1 Å². The van der Waals surface area contributed by atoms with Gasteiger partial charge in [0.15, 0.2) is 0 Å². The first kappa shape index (κ1) is 17.2. The maximum atomic E-state index is 12.6. The molecule has 0 radical (unpaired) electrons. The second kappa shape index (κ2) is 6.93.